The van der Waals surface area contributed by atoms with Crippen LogP contribution in [0.5, 0.6) is 0 Å². The Hall–Kier alpha value is -1.12. The predicted molar refractivity (Wildman–Crippen MR) is 48.7 cm³/mol. The largest absolute Gasteiger partial charge is 0.411 e. The molecule has 2 unspecified atom stereocenters. The molecule has 2 aliphatic rings. The third-order valence-corrected chi connectivity index (χ3v) is 3.30. The Morgan fingerprint density at radius 3 is 2.62 bits per heavy atom. The molecule has 1 saturated carbocycles. The summed E-state index contributed by atoms with van der Waals surface area (Å²) in [7, 11) is 0. The van der Waals surface area contributed by atoms with Gasteiger partial charge in [0.1, 0.15) is 0 Å². The van der Waals surface area contributed by atoms with Gasteiger partial charge in [0.15, 0.2) is 5.78 Å². The van der Waals surface area contributed by atoms with E-state index in [0.717, 1.165) is 0 Å². The number of nitrogens with zero attached hydrogens (tertiary/aromatic N) is 1. The van der Waals surface area contributed by atoms with Crippen molar-refractivity contribution < 1.29 is 10.0 Å². The molecule has 0 amide bonds. The number of Topliss-reactive ketones (excluding diaryl/α,β-unsaturated/α-hetero) is 1. The second-order valence-electron chi connectivity index (χ2n) is 4.49. The van der Waals surface area contributed by atoms with Crippen molar-refractivity contribution in [2.24, 2.45) is 22.4 Å². The first-order valence-corrected chi connectivity index (χ1v) is 4.44. The molecule has 3 nitrogen and oxygen atoms in total. The summed E-state index contributed by atoms with van der Waals surface area (Å²) in [6.45, 7) is 5.86. The smallest absolute Gasteiger partial charge is 0.162 e. The fourth-order valence-corrected chi connectivity index (χ4v) is 2.40. The Morgan fingerprint density at radius 2 is 2.08 bits per heavy atom. The molecular weight excluding hydrogens is 166 g/mol. The van der Waals surface area contributed by atoms with Crippen LogP contribution in [-0.2, 0) is 4.79 Å². The second-order valence-corrected chi connectivity index (χ2v) is 4.49. The van der Waals surface area contributed by atoms with Gasteiger partial charge in [-0.1, -0.05) is 19.0 Å². The predicted octanol–water partition coefficient (Wildman–Crippen LogP) is 1.62. The number of fused-ring (bicyclic) bond motifs is 1. The van der Waals surface area contributed by atoms with E-state index in [1.165, 1.54) is 0 Å². The van der Waals surface area contributed by atoms with E-state index in [1.807, 2.05) is 13.8 Å². The monoisotopic (exact) mass is 179 g/mol. The maximum absolute atomic E-state index is 11.6. The minimum absolute atomic E-state index is 0.0209. The lowest BCUT2D eigenvalue weighted by Crippen LogP contribution is -2.15. The summed E-state index contributed by atoms with van der Waals surface area (Å²) in [5, 5.41) is 12.0. The highest BCUT2D eigenvalue weighted by molar-refractivity contribution is 6.16. The first kappa shape index (κ1) is 8.48. The van der Waals surface area contributed by atoms with Crippen LogP contribution in [0.1, 0.15) is 20.8 Å². The molecule has 2 atom stereocenters. The van der Waals surface area contributed by atoms with Crippen LogP contribution in [0.25, 0.3) is 0 Å². The summed E-state index contributed by atoms with van der Waals surface area (Å²) in [4.78, 5) is 11.6. The molecule has 0 aromatic carbocycles. The first-order chi connectivity index (χ1) is 6.00. The van der Waals surface area contributed by atoms with Crippen molar-refractivity contribution in [2.75, 3.05) is 0 Å². The summed E-state index contributed by atoms with van der Waals surface area (Å²) in [5.74, 6) is 0.388. The third kappa shape index (κ3) is 0.900. The van der Waals surface area contributed by atoms with Gasteiger partial charge in [-0.3, -0.25) is 4.79 Å². The number of rotatable bonds is 0. The van der Waals surface area contributed by atoms with E-state index >= 15 is 0 Å². The van der Waals surface area contributed by atoms with Gasteiger partial charge in [0, 0.05) is 11.8 Å². The van der Waals surface area contributed by atoms with Crippen LogP contribution in [0.2, 0.25) is 0 Å². The molecule has 0 aliphatic heterocycles. The van der Waals surface area contributed by atoms with Gasteiger partial charge in [-0.05, 0) is 24.0 Å². The maximum Gasteiger partial charge on any atom is 0.162 e. The molecule has 13 heavy (non-hydrogen) atoms. The van der Waals surface area contributed by atoms with Crippen LogP contribution in [0.15, 0.2) is 16.8 Å². The SMILES string of the molecule is CC1=C/C(=N\O)C2C(C1=O)C2(C)C. The van der Waals surface area contributed by atoms with Gasteiger partial charge < -0.3 is 5.21 Å². The van der Waals surface area contributed by atoms with Crippen molar-refractivity contribution in [3.63, 3.8) is 0 Å². The van der Waals surface area contributed by atoms with Crippen molar-refractivity contribution in [2.45, 2.75) is 20.8 Å². The molecule has 0 saturated heterocycles. The number of allylic oxidation sites excluding steroid dienone is 2. The topological polar surface area (TPSA) is 49.7 Å². The molecule has 0 aromatic heterocycles. The molecule has 0 aromatic rings. The summed E-state index contributed by atoms with van der Waals surface area (Å²) in [6, 6.07) is 0. The number of hydrogen-bond donors (Lipinski definition) is 1. The number of hydrogen-bond acceptors (Lipinski definition) is 3. The molecule has 0 bridgehead atoms. The Bertz CT molecular complexity index is 339. The second kappa shape index (κ2) is 2.22. The fourth-order valence-electron chi connectivity index (χ4n) is 2.40. The van der Waals surface area contributed by atoms with E-state index in [0.29, 0.717) is 11.3 Å². The van der Waals surface area contributed by atoms with Crippen LogP contribution in [0, 0.1) is 17.3 Å². The molecule has 2 aliphatic carbocycles. The Morgan fingerprint density at radius 1 is 1.46 bits per heavy atom. The minimum Gasteiger partial charge on any atom is -0.411 e. The number of carbonyl (C=O) groups is 1. The van der Waals surface area contributed by atoms with Gasteiger partial charge in [0.2, 0.25) is 0 Å². The van der Waals surface area contributed by atoms with E-state index in [1.54, 1.807) is 13.0 Å². The lowest BCUT2D eigenvalue weighted by Gasteiger charge is -2.06. The van der Waals surface area contributed by atoms with E-state index < -0.39 is 0 Å². The van der Waals surface area contributed by atoms with Gasteiger partial charge in [-0.2, -0.15) is 0 Å². The molecule has 2 rings (SSSR count). The van der Waals surface area contributed by atoms with Gasteiger partial charge in [-0.25, -0.2) is 0 Å². The minimum atomic E-state index is -0.0209. The van der Waals surface area contributed by atoms with Gasteiger partial charge in [0.05, 0.1) is 5.71 Å². The van der Waals surface area contributed by atoms with E-state index in [-0.39, 0.29) is 23.0 Å². The average Bonchev–Trinajstić information content (AvgIpc) is 2.62. The van der Waals surface area contributed by atoms with Crippen molar-refractivity contribution in [3.05, 3.63) is 11.6 Å². The van der Waals surface area contributed by atoms with Crippen LogP contribution in [0.3, 0.4) is 0 Å². The Balaban J connectivity index is 2.44. The Labute approximate surface area is 77.1 Å². The van der Waals surface area contributed by atoms with Crippen LogP contribution in [-0.4, -0.2) is 16.7 Å². The summed E-state index contributed by atoms with van der Waals surface area (Å²) >= 11 is 0. The van der Waals surface area contributed by atoms with Gasteiger partial charge in [-0.15, -0.1) is 0 Å². The number of oxime groups is 1. The molecule has 70 valence electrons. The van der Waals surface area contributed by atoms with Crippen LogP contribution in [0.4, 0.5) is 0 Å². The highest BCUT2D eigenvalue weighted by Gasteiger charge is 2.65. The van der Waals surface area contributed by atoms with E-state index in [9.17, 15) is 4.79 Å². The third-order valence-electron chi connectivity index (χ3n) is 3.30. The molecular formula is C10H13NO2. The standard InChI is InChI=1S/C10H13NO2/c1-5-4-6(11-13)7-8(9(5)12)10(7,2)3/h4,7-8,13H,1-3H3/b11-6+. The molecule has 1 fully saturated rings. The van der Waals surface area contributed by atoms with Crippen LogP contribution >= 0.6 is 0 Å². The fraction of sp³-hybridized carbons (Fsp3) is 0.600. The zero-order chi connectivity index (χ0) is 9.80. The first-order valence-electron chi connectivity index (χ1n) is 4.44. The van der Waals surface area contributed by atoms with Crippen molar-refractivity contribution in [1.29, 1.82) is 0 Å². The summed E-state index contributed by atoms with van der Waals surface area (Å²) < 4.78 is 0. The Kier molecular flexibility index (Phi) is 1.45. The molecule has 1 N–H and O–H groups in total. The highest BCUT2D eigenvalue weighted by atomic mass is 16.4. The normalized spacial score (nSPS) is 38.5. The summed E-state index contributed by atoms with van der Waals surface area (Å²) in [6.07, 6.45) is 1.69. The van der Waals surface area contributed by atoms with Crippen molar-refractivity contribution in [3.8, 4) is 0 Å². The van der Waals surface area contributed by atoms with Gasteiger partial charge >= 0.3 is 0 Å². The zero-order valence-electron chi connectivity index (χ0n) is 8.03. The maximum atomic E-state index is 11.6. The lowest BCUT2D eigenvalue weighted by atomic mass is 9.98. The summed E-state index contributed by atoms with van der Waals surface area (Å²) in [5.41, 5.74) is 1.35. The molecule has 0 radical (unpaired) electrons. The molecule has 0 spiro atoms. The lowest BCUT2D eigenvalue weighted by molar-refractivity contribution is -0.117. The number of carbonyl (C=O) groups excluding carboxylic acids is 1. The molecule has 0 heterocycles. The van der Waals surface area contributed by atoms with E-state index in [4.69, 9.17) is 5.21 Å². The van der Waals surface area contributed by atoms with Gasteiger partial charge in [0.25, 0.3) is 0 Å². The zero-order valence-corrected chi connectivity index (χ0v) is 8.03. The van der Waals surface area contributed by atoms with Crippen molar-refractivity contribution in [1.82, 2.24) is 0 Å². The van der Waals surface area contributed by atoms with E-state index in [2.05, 4.69) is 5.16 Å². The van der Waals surface area contributed by atoms with Crippen molar-refractivity contribution >= 4 is 11.5 Å². The number of ketones is 1. The molecule has 3 heteroatoms. The van der Waals surface area contributed by atoms with Crippen LogP contribution < -0.4 is 0 Å². The highest BCUT2D eigenvalue weighted by Crippen LogP contribution is 2.61. The quantitative estimate of drug-likeness (QED) is 0.453. The average molecular weight is 179 g/mol.